The molecule has 1 atom stereocenters. The van der Waals surface area contributed by atoms with Gasteiger partial charge in [-0.1, -0.05) is 0 Å². The van der Waals surface area contributed by atoms with Crippen molar-refractivity contribution in [3.63, 3.8) is 0 Å². The van der Waals surface area contributed by atoms with E-state index in [0.29, 0.717) is 55.0 Å². The lowest BCUT2D eigenvalue weighted by Crippen LogP contribution is -2.42. The van der Waals surface area contributed by atoms with Crippen LogP contribution >= 0.6 is 0 Å². The van der Waals surface area contributed by atoms with Crippen LogP contribution in [0.2, 0.25) is 0 Å². The largest absolute Gasteiger partial charge is 0.390 e. The summed E-state index contributed by atoms with van der Waals surface area (Å²) < 4.78 is 27.1. The van der Waals surface area contributed by atoms with Gasteiger partial charge in [0, 0.05) is 36.6 Å². The molecule has 1 unspecified atom stereocenters. The number of nitrogens with two attached hydrogens (primary N) is 1. The minimum atomic E-state index is -3.72. The minimum absolute atomic E-state index is 0.0173. The Morgan fingerprint density at radius 1 is 1.23 bits per heavy atom. The average molecular weight is 567 g/mol. The Balaban J connectivity index is 1.37. The highest BCUT2D eigenvalue weighted by Crippen LogP contribution is 2.40. The van der Waals surface area contributed by atoms with Gasteiger partial charge in [-0.25, -0.2) is 17.9 Å². The molecule has 3 heterocycles. The first-order valence-corrected chi connectivity index (χ1v) is 15.6. The maximum absolute atomic E-state index is 13.3. The van der Waals surface area contributed by atoms with Crippen molar-refractivity contribution >= 4 is 33.1 Å². The van der Waals surface area contributed by atoms with Crippen LogP contribution in [0, 0.1) is 5.92 Å². The van der Waals surface area contributed by atoms with Crippen LogP contribution in [-0.2, 0) is 16.4 Å². The van der Waals surface area contributed by atoms with Gasteiger partial charge >= 0.3 is 0 Å². The maximum atomic E-state index is 13.3. The van der Waals surface area contributed by atoms with Crippen LogP contribution in [-0.4, -0.2) is 68.8 Å². The lowest BCUT2D eigenvalue weighted by atomic mass is 9.83. The van der Waals surface area contributed by atoms with Gasteiger partial charge in [-0.3, -0.25) is 9.59 Å². The highest BCUT2D eigenvalue weighted by molar-refractivity contribution is 7.90. The first-order chi connectivity index (χ1) is 18.8. The SMILES string of the molecule is CC(C1CC1)N1Cc2cc(-c3ccn4nc(N)c(C(=O)NC5CCC(C)(O)CC5)c4n3)cc(S(C)(=O)=O)c2C1=O. The molecule has 2 aliphatic carbocycles. The van der Waals surface area contributed by atoms with Gasteiger partial charge in [0.2, 0.25) is 0 Å². The van der Waals surface area contributed by atoms with Crippen molar-refractivity contribution in [3.05, 3.63) is 41.1 Å². The van der Waals surface area contributed by atoms with Crippen LogP contribution in [0.5, 0.6) is 0 Å². The van der Waals surface area contributed by atoms with E-state index in [-0.39, 0.29) is 45.5 Å². The van der Waals surface area contributed by atoms with Gasteiger partial charge in [0.1, 0.15) is 5.56 Å². The third kappa shape index (κ3) is 4.72. The molecule has 3 aliphatic rings. The third-order valence-corrected chi connectivity index (χ3v) is 9.75. The van der Waals surface area contributed by atoms with E-state index in [1.165, 1.54) is 10.6 Å². The summed E-state index contributed by atoms with van der Waals surface area (Å²) in [5, 5.41) is 17.5. The Hall–Kier alpha value is -3.51. The Morgan fingerprint density at radius 3 is 2.58 bits per heavy atom. The molecule has 2 amide bonds. The van der Waals surface area contributed by atoms with E-state index < -0.39 is 21.3 Å². The number of aliphatic hydroxyl groups is 1. The molecule has 2 saturated carbocycles. The van der Waals surface area contributed by atoms with Crippen molar-refractivity contribution in [1.82, 2.24) is 24.8 Å². The fraction of sp³-hybridized carbons (Fsp3) is 0.500. The Morgan fingerprint density at radius 2 is 1.93 bits per heavy atom. The number of anilines is 1. The molecule has 4 N–H and O–H groups in total. The van der Waals surface area contributed by atoms with E-state index in [2.05, 4.69) is 15.4 Å². The lowest BCUT2D eigenvalue weighted by Gasteiger charge is -2.33. The average Bonchev–Trinajstić information content (AvgIpc) is 3.61. The van der Waals surface area contributed by atoms with Gasteiger partial charge in [-0.15, -0.1) is 5.10 Å². The molecule has 0 spiro atoms. The number of nitrogens with one attached hydrogen (secondary N) is 1. The number of amides is 2. The zero-order valence-electron chi connectivity index (χ0n) is 22.8. The maximum Gasteiger partial charge on any atom is 0.259 e. The van der Waals surface area contributed by atoms with Crippen molar-refractivity contribution < 1.29 is 23.1 Å². The molecular formula is C28H34N6O5S. The first kappa shape index (κ1) is 26.7. The summed E-state index contributed by atoms with van der Waals surface area (Å²) in [6.07, 6.45) is 7.35. The number of nitrogen functional groups attached to an aromatic ring is 1. The summed E-state index contributed by atoms with van der Waals surface area (Å²) >= 11 is 0. The number of aromatic nitrogens is 3. The highest BCUT2D eigenvalue weighted by atomic mass is 32.2. The molecule has 0 bridgehead atoms. The predicted octanol–water partition coefficient (Wildman–Crippen LogP) is 2.56. The van der Waals surface area contributed by atoms with Crippen LogP contribution in [0.15, 0.2) is 29.3 Å². The molecule has 0 saturated heterocycles. The molecule has 2 fully saturated rings. The molecule has 0 radical (unpaired) electrons. The number of benzene rings is 1. The Kier molecular flexibility index (Phi) is 6.19. The van der Waals surface area contributed by atoms with E-state index in [1.807, 2.05) is 13.0 Å². The second-order valence-electron chi connectivity index (χ2n) is 11.9. The van der Waals surface area contributed by atoms with Crippen LogP contribution < -0.4 is 11.1 Å². The monoisotopic (exact) mass is 566 g/mol. The van der Waals surface area contributed by atoms with Gasteiger partial charge in [0.25, 0.3) is 11.8 Å². The molecule has 1 aliphatic heterocycles. The van der Waals surface area contributed by atoms with Crippen LogP contribution in [0.3, 0.4) is 0 Å². The van der Waals surface area contributed by atoms with Gasteiger partial charge < -0.3 is 21.1 Å². The summed E-state index contributed by atoms with van der Waals surface area (Å²) in [5.74, 6) is -0.172. The number of nitrogens with zero attached hydrogens (tertiary/aromatic N) is 4. The number of rotatable bonds is 6. The van der Waals surface area contributed by atoms with Gasteiger partial charge in [-0.2, -0.15) is 0 Å². The number of sulfone groups is 1. The first-order valence-electron chi connectivity index (χ1n) is 13.7. The normalized spacial score (nSPS) is 23.9. The molecule has 40 heavy (non-hydrogen) atoms. The smallest absolute Gasteiger partial charge is 0.259 e. The molecule has 11 nitrogen and oxygen atoms in total. The van der Waals surface area contributed by atoms with Gasteiger partial charge in [0.05, 0.1) is 21.8 Å². The molecule has 3 aromatic rings. The predicted molar refractivity (Wildman–Crippen MR) is 148 cm³/mol. The van der Waals surface area contributed by atoms with Crippen molar-refractivity contribution in [2.24, 2.45) is 5.92 Å². The number of hydrogen-bond acceptors (Lipinski definition) is 8. The van der Waals surface area contributed by atoms with E-state index in [0.717, 1.165) is 19.1 Å². The Labute approximate surface area is 232 Å². The van der Waals surface area contributed by atoms with E-state index >= 15 is 0 Å². The minimum Gasteiger partial charge on any atom is -0.390 e. The van der Waals surface area contributed by atoms with Crippen LogP contribution in [0.25, 0.3) is 16.9 Å². The van der Waals surface area contributed by atoms with Gasteiger partial charge in [-0.05, 0) is 82.1 Å². The van der Waals surface area contributed by atoms with E-state index in [9.17, 15) is 23.1 Å². The lowest BCUT2D eigenvalue weighted by molar-refractivity contribution is 0.0140. The standard InChI is InChI=1S/C28H34N6O5S/c1-15(16-4-5-16)33-14-18-12-17(13-21(40(3,38)39)22(18)27(33)36)20-8-11-34-25(31-20)23(24(29)32-34)26(35)30-19-6-9-28(2,37)10-7-19/h8,11-13,15-16,19,37H,4-7,9-10,14H2,1-3H3,(H2,29,32)(H,30,35). The topological polar surface area (TPSA) is 160 Å². The van der Waals surface area contributed by atoms with E-state index in [1.54, 1.807) is 24.1 Å². The van der Waals surface area contributed by atoms with E-state index in [4.69, 9.17) is 5.73 Å². The zero-order valence-corrected chi connectivity index (χ0v) is 23.7. The molecule has 1 aromatic carbocycles. The zero-order chi connectivity index (χ0) is 28.6. The van der Waals surface area contributed by atoms with Crippen molar-refractivity contribution in [2.75, 3.05) is 12.0 Å². The summed E-state index contributed by atoms with van der Waals surface area (Å²) in [4.78, 5) is 33.1. The van der Waals surface area contributed by atoms with Crippen molar-refractivity contribution in [1.29, 1.82) is 0 Å². The van der Waals surface area contributed by atoms with Crippen LogP contribution in [0.4, 0.5) is 5.82 Å². The molecule has 12 heteroatoms. The van der Waals surface area contributed by atoms with Crippen molar-refractivity contribution in [2.45, 2.75) is 81.5 Å². The molecule has 6 rings (SSSR count). The number of fused-ring (bicyclic) bond motifs is 2. The summed E-state index contributed by atoms with van der Waals surface area (Å²) in [6.45, 7) is 4.16. The number of hydrogen-bond donors (Lipinski definition) is 3. The summed E-state index contributed by atoms with van der Waals surface area (Å²) in [5.41, 5.74) is 7.65. The summed E-state index contributed by atoms with van der Waals surface area (Å²) in [7, 11) is -3.72. The second kappa shape index (κ2) is 9.27. The van der Waals surface area contributed by atoms with Crippen LogP contribution in [0.1, 0.15) is 78.7 Å². The quantitative estimate of drug-likeness (QED) is 0.410. The van der Waals surface area contributed by atoms with Gasteiger partial charge in [0.15, 0.2) is 21.3 Å². The summed E-state index contributed by atoms with van der Waals surface area (Å²) in [6, 6.07) is 4.92. The molecule has 2 aromatic heterocycles. The highest BCUT2D eigenvalue weighted by Gasteiger charge is 2.41. The number of carbonyl (C=O) groups excluding carboxylic acids is 2. The fourth-order valence-electron chi connectivity index (χ4n) is 6.01. The fourth-order valence-corrected chi connectivity index (χ4v) is 6.94. The third-order valence-electron chi connectivity index (χ3n) is 8.63. The van der Waals surface area contributed by atoms with Crippen molar-refractivity contribution in [3.8, 4) is 11.3 Å². The molecular weight excluding hydrogens is 532 g/mol. The molecule has 212 valence electrons. The second-order valence-corrected chi connectivity index (χ2v) is 13.9. The Bertz CT molecular complexity index is 1650. The number of carbonyl (C=O) groups is 2.